The molecule has 2 N–H and O–H groups in total. The third-order valence-corrected chi connectivity index (χ3v) is 6.08. The fourth-order valence-electron chi connectivity index (χ4n) is 4.29. The van der Waals surface area contributed by atoms with Gasteiger partial charge in [-0.25, -0.2) is 4.39 Å². The number of nitrogens with one attached hydrogen (secondary N) is 2. The molecule has 3 aromatic carbocycles. The maximum absolute atomic E-state index is 13.5. The van der Waals surface area contributed by atoms with Gasteiger partial charge < -0.3 is 20.1 Å². The number of fused-ring (bicyclic) bond motifs is 1. The Labute approximate surface area is 217 Å². The molecule has 6 nitrogen and oxygen atoms in total. The number of carbonyl (C=O) groups excluding carboxylic acids is 2. The number of alkyl halides is 3. The van der Waals surface area contributed by atoms with Crippen molar-refractivity contribution < 1.29 is 36.6 Å². The predicted molar refractivity (Wildman–Crippen MR) is 132 cm³/mol. The highest BCUT2D eigenvalue weighted by Crippen LogP contribution is 2.48. The molecule has 1 heterocycles. The SMILES string of the molecule is CNC(=O)C1c2cc(-c3cc(C(=O)NCC(C)C)ccc3OC(F)(F)F)ccc2OC1c1ccc(F)cc1. The van der Waals surface area contributed by atoms with E-state index in [0.717, 1.165) is 6.07 Å². The molecule has 0 fully saturated rings. The van der Waals surface area contributed by atoms with Crippen LogP contribution in [0.1, 0.15) is 47.4 Å². The summed E-state index contributed by atoms with van der Waals surface area (Å²) in [5.41, 5.74) is 1.45. The molecule has 1 aliphatic rings. The van der Waals surface area contributed by atoms with Crippen LogP contribution in [0.15, 0.2) is 60.7 Å². The van der Waals surface area contributed by atoms with Crippen molar-refractivity contribution >= 4 is 11.8 Å². The van der Waals surface area contributed by atoms with Crippen LogP contribution in [0.5, 0.6) is 11.5 Å². The smallest absolute Gasteiger partial charge is 0.484 e. The van der Waals surface area contributed by atoms with Crippen LogP contribution in [0.2, 0.25) is 0 Å². The zero-order chi connectivity index (χ0) is 27.6. The molecule has 0 saturated heterocycles. The van der Waals surface area contributed by atoms with Crippen LogP contribution in [0.4, 0.5) is 17.6 Å². The van der Waals surface area contributed by atoms with Crippen molar-refractivity contribution in [1.29, 1.82) is 0 Å². The molecule has 0 spiro atoms. The van der Waals surface area contributed by atoms with E-state index < -0.39 is 35.9 Å². The molecule has 0 saturated carbocycles. The lowest BCUT2D eigenvalue weighted by atomic mass is 9.88. The second-order valence-electron chi connectivity index (χ2n) is 9.30. The quantitative estimate of drug-likeness (QED) is 0.382. The van der Waals surface area contributed by atoms with Gasteiger partial charge in [0.1, 0.15) is 29.3 Å². The minimum atomic E-state index is -4.96. The van der Waals surface area contributed by atoms with E-state index in [1.54, 1.807) is 12.1 Å². The summed E-state index contributed by atoms with van der Waals surface area (Å²) < 4.78 is 63.4. The third-order valence-electron chi connectivity index (χ3n) is 6.08. The first-order valence-electron chi connectivity index (χ1n) is 11.9. The second-order valence-corrected chi connectivity index (χ2v) is 9.30. The van der Waals surface area contributed by atoms with Crippen LogP contribution < -0.4 is 20.1 Å². The first kappa shape index (κ1) is 27.0. The van der Waals surface area contributed by atoms with Crippen LogP contribution in [0.3, 0.4) is 0 Å². The highest BCUT2D eigenvalue weighted by molar-refractivity contribution is 5.96. The van der Waals surface area contributed by atoms with Gasteiger partial charge in [0.15, 0.2) is 0 Å². The van der Waals surface area contributed by atoms with Gasteiger partial charge in [-0.1, -0.05) is 32.0 Å². The van der Waals surface area contributed by atoms with E-state index in [4.69, 9.17) is 4.74 Å². The average Bonchev–Trinajstić information content (AvgIpc) is 3.25. The number of amides is 2. The van der Waals surface area contributed by atoms with Gasteiger partial charge in [-0.15, -0.1) is 13.2 Å². The topological polar surface area (TPSA) is 76.7 Å². The van der Waals surface area contributed by atoms with Crippen LogP contribution in [0.25, 0.3) is 11.1 Å². The lowest BCUT2D eigenvalue weighted by Crippen LogP contribution is -2.28. The highest BCUT2D eigenvalue weighted by Gasteiger charge is 2.40. The summed E-state index contributed by atoms with van der Waals surface area (Å²) in [5.74, 6) is -2.09. The van der Waals surface area contributed by atoms with Gasteiger partial charge in [-0.05, 0) is 59.5 Å². The number of halogens is 4. The van der Waals surface area contributed by atoms with E-state index >= 15 is 0 Å². The zero-order valence-electron chi connectivity index (χ0n) is 20.9. The number of ether oxygens (including phenoxy) is 2. The van der Waals surface area contributed by atoms with Gasteiger partial charge in [0.25, 0.3) is 5.91 Å². The number of hydrogen-bond acceptors (Lipinski definition) is 4. The molecule has 2 amide bonds. The number of likely N-dealkylation sites (N-methyl/N-ethyl adjacent to an activating group) is 1. The van der Waals surface area contributed by atoms with Crippen LogP contribution in [-0.2, 0) is 4.79 Å². The van der Waals surface area contributed by atoms with Gasteiger partial charge in [-0.3, -0.25) is 9.59 Å². The summed E-state index contributed by atoms with van der Waals surface area (Å²) in [6.07, 6.45) is -5.74. The standard InChI is InChI=1S/C28H26F4N2O4/c1-15(2)14-34-26(35)18-7-11-23(38-28(30,31)32)20(13-18)17-6-10-22-21(12-17)24(27(36)33-3)25(37-22)16-4-8-19(29)9-5-16/h4-13,15,24-25H,14H2,1-3H3,(H,33,36)(H,34,35). The van der Waals surface area contributed by atoms with Crippen molar-refractivity contribution in [3.05, 3.63) is 83.2 Å². The maximum Gasteiger partial charge on any atom is 0.573 e. The molecular weight excluding hydrogens is 504 g/mol. The number of carbonyl (C=O) groups is 2. The molecule has 0 aliphatic carbocycles. The van der Waals surface area contributed by atoms with Crippen molar-refractivity contribution in [1.82, 2.24) is 10.6 Å². The minimum absolute atomic E-state index is 0.0169. The van der Waals surface area contributed by atoms with Gasteiger partial charge in [0.2, 0.25) is 5.91 Å². The number of hydrogen-bond donors (Lipinski definition) is 2. The van der Waals surface area contributed by atoms with Crippen molar-refractivity contribution in [3.8, 4) is 22.6 Å². The van der Waals surface area contributed by atoms with E-state index in [1.807, 2.05) is 13.8 Å². The van der Waals surface area contributed by atoms with Crippen molar-refractivity contribution in [2.45, 2.75) is 32.2 Å². The second kappa shape index (κ2) is 10.7. The largest absolute Gasteiger partial charge is 0.573 e. The lowest BCUT2D eigenvalue weighted by molar-refractivity contribution is -0.274. The van der Waals surface area contributed by atoms with E-state index in [2.05, 4.69) is 15.4 Å². The molecular formula is C28H26F4N2O4. The molecule has 0 aromatic heterocycles. The van der Waals surface area contributed by atoms with Gasteiger partial charge in [-0.2, -0.15) is 0 Å². The Morgan fingerprint density at radius 2 is 1.74 bits per heavy atom. The Hall–Kier alpha value is -4.08. The molecule has 0 bridgehead atoms. The molecule has 10 heteroatoms. The predicted octanol–water partition coefficient (Wildman–Crippen LogP) is 5.74. The highest BCUT2D eigenvalue weighted by atomic mass is 19.4. The van der Waals surface area contributed by atoms with Gasteiger partial charge in [0, 0.05) is 30.3 Å². The summed E-state index contributed by atoms with van der Waals surface area (Å²) in [6.45, 7) is 4.23. The normalized spacial score (nSPS) is 16.5. The van der Waals surface area contributed by atoms with Crippen molar-refractivity contribution in [2.75, 3.05) is 13.6 Å². The summed E-state index contributed by atoms with van der Waals surface area (Å²) in [4.78, 5) is 25.6. The van der Waals surface area contributed by atoms with E-state index in [-0.39, 0.29) is 23.0 Å². The minimum Gasteiger partial charge on any atom is -0.484 e. The maximum atomic E-state index is 13.5. The molecule has 3 aromatic rings. The number of benzene rings is 3. The van der Waals surface area contributed by atoms with Crippen molar-refractivity contribution in [2.24, 2.45) is 5.92 Å². The molecule has 2 unspecified atom stereocenters. The summed E-state index contributed by atoms with van der Waals surface area (Å²) in [6, 6.07) is 13.8. The van der Waals surface area contributed by atoms with E-state index in [0.29, 0.717) is 29.0 Å². The Bertz CT molecular complexity index is 1340. The Balaban J connectivity index is 1.78. The lowest BCUT2D eigenvalue weighted by Gasteiger charge is -2.18. The molecule has 200 valence electrons. The average molecular weight is 531 g/mol. The molecule has 1 aliphatic heterocycles. The van der Waals surface area contributed by atoms with E-state index in [9.17, 15) is 27.2 Å². The van der Waals surface area contributed by atoms with Crippen molar-refractivity contribution in [3.63, 3.8) is 0 Å². The molecule has 2 atom stereocenters. The number of rotatable bonds is 7. The Morgan fingerprint density at radius 3 is 2.37 bits per heavy atom. The fraction of sp³-hybridized carbons (Fsp3) is 0.286. The molecule has 38 heavy (non-hydrogen) atoms. The summed E-state index contributed by atoms with van der Waals surface area (Å²) in [5, 5.41) is 5.33. The molecule has 0 radical (unpaired) electrons. The van der Waals surface area contributed by atoms with Crippen LogP contribution in [0, 0.1) is 11.7 Å². The van der Waals surface area contributed by atoms with Gasteiger partial charge in [0.05, 0.1) is 0 Å². The van der Waals surface area contributed by atoms with Crippen LogP contribution in [-0.4, -0.2) is 31.8 Å². The zero-order valence-corrected chi connectivity index (χ0v) is 20.9. The summed E-state index contributed by atoms with van der Waals surface area (Å²) in [7, 11) is 1.46. The molecule has 4 rings (SSSR count). The third kappa shape index (κ3) is 5.90. The monoisotopic (exact) mass is 530 g/mol. The first-order valence-corrected chi connectivity index (χ1v) is 11.9. The van der Waals surface area contributed by atoms with Gasteiger partial charge >= 0.3 is 6.36 Å². The fourth-order valence-corrected chi connectivity index (χ4v) is 4.29. The first-order chi connectivity index (χ1) is 18.0. The Morgan fingerprint density at radius 1 is 1.03 bits per heavy atom. The van der Waals surface area contributed by atoms with E-state index in [1.165, 1.54) is 49.5 Å². The summed E-state index contributed by atoms with van der Waals surface area (Å²) >= 11 is 0. The Kier molecular flexibility index (Phi) is 7.61. The van der Waals surface area contributed by atoms with Crippen LogP contribution >= 0.6 is 0 Å².